The van der Waals surface area contributed by atoms with Crippen molar-refractivity contribution in [2.75, 3.05) is 0 Å². The van der Waals surface area contributed by atoms with Crippen LogP contribution in [0.3, 0.4) is 0 Å². The normalized spacial score (nSPS) is 12.6. The van der Waals surface area contributed by atoms with E-state index < -0.39 is 0 Å². The molecular formula is C17H28O2. The third-order valence-corrected chi connectivity index (χ3v) is 3.64. The number of phenolic OH excluding ortho intramolecular Hbond substituents is 1. The third kappa shape index (κ3) is 6.63. The zero-order valence-electron chi connectivity index (χ0n) is 12.4. The van der Waals surface area contributed by atoms with E-state index in [4.69, 9.17) is 5.11 Å². The molecule has 1 aromatic rings. The second-order valence-electron chi connectivity index (χ2n) is 5.59. The molecule has 0 aliphatic heterocycles. The van der Waals surface area contributed by atoms with Gasteiger partial charge in [-0.2, -0.15) is 0 Å². The zero-order valence-corrected chi connectivity index (χ0v) is 12.4. The fourth-order valence-corrected chi connectivity index (χ4v) is 2.38. The van der Waals surface area contributed by atoms with Gasteiger partial charge in [-0.3, -0.25) is 0 Å². The first-order valence-electron chi connectivity index (χ1n) is 7.56. The van der Waals surface area contributed by atoms with E-state index in [-0.39, 0.29) is 6.10 Å². The van der Waals surface area contributed by atoms with Crippen molar-refractivity contribution in [3.63, 3.8) is 0 Å². The fraction of sp³-hybridized carbons (Fsp3) is 0.647. The lowest BCUT2D eigenvalue weighted by Crippen LogP contribution is -1.98. The Morgan fingerprint density at radius 3 is 2.32 bits per heavy atom. The first-order chi connectivity index (χ1) is 9.11. The van der Waals surface area contributed by atoms with Gasteiger partial charge in [-0.25, -0.2) is 0 Å². The van der Waals surface area contributed by atoms with Crippen LogP contribution in [0.2, 0.25) is 0 Å². The lowest BCUT2D eigenvalue weighted by Gasteiger charge is -2.07. The number of hydrogen-bond donors (Lipinski definition) is 2. The number of para-hydroxylation sites is 1. The minimum atomic E-state index is -0.149. The molecule has 2 N–H and O–H groups in total. The summed E-state index contributed by atoms with van der Waals surface area (Å²) >= 11 is 0. The summed E-state index contributed by atoms with van der Waals surface area (Å²) in [5.74, 6) is 0.472. The van der Waals surface area contributed by atoms with Crippen LogP contribution in [0.15, 0.2) is 18.2 Å². The molecule has 0 spiro atoms. The SMILES string of the molecule is Cc1cccc(CCCCCCCCC(C)O)c1O. The van der Waals surface area contributed by atoms with E-state index in [1.54, 1.807) is 0 Å². The van der Waals surface area contributed by atoms with Crippen molar-refractivity contribution in [1.29, 1.82) is 0 Å². The molecule has 0 aliphatic rings. The van der Waals surface area contributed by atoms with Crippen LogP contribution in [0.4, 0.5) is 0 Å². The van der Waals surface area contributed by atoms with Gasteiger partial charge in [-0.15, -0.1) is 0 Å². The Morgan fingerprint density at radius 2 is 1.63 bits per heavy atom. The lowest BCUT2D eigenvalue weighted by molar-refractivity contribution is 0.180. The molecular weight excluding hydrogens is 236 g/mol. The summed E-state index contributed by atoms with van der Waals surface area (Å²) in [6, 6.07) is 5.98. The van der Waals surface area contributed by atoms with Crippen LogP contribution < -0.4 is 0 Å². The molecule has 0 heterocycles. The molecule has 0 saturated heterocycles. The Morgan fingerprint density at radius 1 is 1.00 bits per heavy atom. The predicted molar refractivity (Wildman–Crippen MR) is 80.5 cm³/mol. The molecule has 0 aromatic heterocycles. The summed E-state index contributed by atoms with van der Waals surface area (Å²) in [6.07, 6.45) is 8.99. The number of aromatic hydroxyl groups is 1. The van der Waals surface area contributed by atoms with Gasteiger partial charge >= 0.3 is 0 Å². The molecule has 1 rings (SSSR count). The first-order valence-corrected chi connectivity index (χ1v) is 7.56. The Bertz CT molecular complexity index is 358. The van der Waals surface area contributed by atoms with E-state index >= 15 is 0 Å². The number of unbranched alkanes of at least 4 members (excludes halogenated alkanes) is 5. The maximum absolute atomic E-state index is 9.90. The number of aliphatic hydroxyl groups excluding tert-OH is 1. The third-order valence-electron chi connectivity index (χ3n) is 3.64. The van der Waals surface area contributed by atoms with Crippen LogP contribution in [0.5, 0.6) is 5.75 Å². The average Bonchev–Trinajstić information content (AvgIpc) is 2.37. The minimum Gasteiger partial charge on any atom is -0.507 e. The fourth-order valence-electron chi connectivity index (χ4n) is 2.38. The molecule has 1 aromatic carbocycles. The van der Waals surface area contributed by atoms with Gasteiger partial charge < -0.3 is 10.2 Å². The van der Waals surface area contributed by atoms with Crippen molar-refractivity contribution in [2.24, 2.45) is 0 Å². The predicted octanol–water partition coefficient (Wildman–Crippen LogP) is 4.35. The number of phenols is 1. The van der Waals surface area contributed by atoms with E-state index in [1.807, 2.05) is 32.0 Å². The minimum absolute atomic E-state index is 0.149. The number of aryl methyl sites for hydroxylation is 2. The standard InChI is InChI=1S/C17H28O2/c1-14-10-9-13-16(17(14)19)12-8-6-4-3-5-7-11-15(2)18/h9-10,13,15,18-19H,3-8,11-12H2,1-2H3. The summed E-state index contributed by atoms with van der Waals surface area (Å²) < 4.78 is 0. The molecule has 0 amide bonds. The summed E-state index contributed by atoms with van der Waals surface area (Å²) in [5.41, 5.74) is 2.05. The number of rotatable bonds is 9. The molecule has 2 heteroatoms. The van der Waals surface area contributed by atoms with Gasteiger partial charge in [0.15, 0.2) is 0 Å². The highest BCUT2D eigenvalue weighted by molar-refractivity contribution is 5.39. The van der Waals surface area contributed by atoms with E-state index in [9.17, 15) is 5.11 Å². The molecule has 108 valence electrons. The van der Waals surface area contributed by atoms with Crippen LogP contribution in [0.1, 0.15) is 63.0 Å². The second kappa shape index (κ2) is 8.98. The maximum atomic E-state index is 9.90. The van der Waals surface area contributed by atoms with Gasteiger partial charge in [-0.1, -0.05) is 50.3 Å². The molecule has 0 aliphatic carbocycles. The summed E-state index contributed by atoms with van der Waals surface area (Å²) in [4.78, 5) is 0. The van der Waals surface area contributed by atoms with Crippen molar-refractivity contribution in [2.45, 2.75) is 71.3 Å². The van der Waals surface area contributed by atoms with Crippen LogP contribution in [0, 0.1) is 6.92 Å². The Balaban J connectivity index is 2.06. The van der Waals surface area contributed by atoms with Gasteiger partial charge in [-0.05, 0) is 44.2 Å². The van der Waals surface area contributed by atoms with Crippen molar-refractivity contribution in [3.8, 4) is 5.75 Å². The highest BCUT2D eigenvalue weighted by Gasteiger charge is 2.03. The Labute approximate surface area is 117 Å². The van der Waals surface area contributed by atoms with Crippen LogP contribution in [-0.2, 0) is 6.42 Å². The van der Waals surface area contributed by atoms with Gasteiger partial charge in [0, 0.05) is 0 Å². The molecule has 0 radical (unpaired) electrons. The highest BCUT2D eigenvalue weighted by Crippen LogP contribution is 2.23. The first kappa shape index (κ1) is 16.0. The topological polar surface area (TPSA) is 40.5 Å². The summed E-state index contributed by atoms with van der Waals surface area (Å²) in [6.45, 7) is 3.80. The average molecular weight is 264 g/mol. The molecule has 0 bridgehead atoms. The monoisotopic (exact) mass is 264 g/mol. The lowest BCUT2D eigenvalue weighted by atomic mass is 10.0. The quantitative estimate of drug-likeness (QED) is 0.651. The number of aliphatic hydroxyl groups is 1. The van der Waals surface area contributed by atoms with Crippen molar-refractivity contribution >= 4 is 0 Å². The molecule has 0 saturated carbocycles. The van der Waals surface area contributed by atoms with E-state index in [0.29, 0.717) is 5.75 Å². The van der Waals surface area contributed by atoms with E-state index in [0.717, 1.165) is 36.8 Å². The number of hydrogen-bond acceptors (Lipinski definition) is 2. The van der Waals surface area contributed by atoms with Crippen molar-refractivity contribution in [3.05, 3.63) is 29.3 Å². The van der Waals surface area contributed by atoms with Crippen molar-refractivity contribution < 1.29 is 10.2 Å². The second-order valence-corrected chi connectivity index (χ2v) is 5.59. The highest BCUT2D eigenvalue weighted by atomic mass is 16.3. The van der Waals surface area contributed by atoms with Crippen LogP contribution in [-0.4, -0.2) is 16.3 Å². The number of benzene rings is 1. The summed E-state index contributed by atoms with van der Waals surface area (Å²) in [5, 5.41) is 19.0. The molecule has 0 fully saturated rings. The molecule has 2 nitrogen and oxygen atoms in total. The maximum Gasteiger partial charge on any atom is 0.121 e. The van der Waals surface area contributed by atoms with Crippen molar-refractivity contribution in [1.82, 2.24) is 0 Å². The molecule has 1 atom stereocenters. The van der Waals surface area contributed by atoms with E-state index in [1.165, 1.54) is 25.7 Å². The molecule has 19 heavy (non-hydrogen) atoms. The summed E-state index contributed by atoms with van der Waals surface area (Å²) in [7, 11) is 0. The van der Waals surface area contributed by atoms with Crippen LogP contribution in [0.25, 0.3) is 0 Å². The smallest absolute Gasteiger partial charge is 0.121 e. The van der Waals surface area contributed by atoms with Gasteiger partial charge in [0.1, 0.15) is 5.75 Å². The Kier molecular flexibility index (Phi) is 7.57. The van der Waals surface area contributed by atoms with Gasteiger partial charge in [0.05, 0.1) is 6.10 Å². The van der Waals surface area contributed by atoms with Gasteiger partial charge in [0.2, 0.25) is 0 Å². The largest absolute Gasteiger partial charge is 0.507 e. The van der Waals surface area contributed by atoms with Crippen LogP contribution >= 0.6 is 0 Å². The van der Waals surface area contributed by atoms with Gasteiger partial charge in [0.25, 0.3) is 0 Å². The Hall–Kier alpha value is -1.02. The zero-order chi connectivity index (χ0) is 14.1. The molecule has 1 unspecified atom stereocenters. The van der Waals surface area contributed by atoms with E-state index in [2.05, 4.69) is 0 Å².